The fraction of sp³-hybridized carbons (Fsp3) is 0.235. The SMILES string of the molecule is Cc1ccc(SCC(=O)NCC(O)c2ccc(F)c(F)c2)cc1. The molecule has 2 aromatic rings. The maximum Gasteiger partial charge on any atom is 0.230 e. The summed E-state index contributed by atoms with van der Waals surface area (Å²) in [5.74, 6) is -2.02. The molecule has 1 unspecified atom stereocenters. The zero-order chi connectivity index (χ0) is 16.8. The molecule has 0 spiro atoms. The highest BCUT2D eigenvalue weighted by Gasteiger charge is 2.12. The number of aryl methyl sites for hydroxylation is 1. The van der Waals surface area contributed by atoms with Crippen LogP contribution >= 0.6 is 11.8 Å². The number of halogens is 2. The van der Waals surface area contributed by atoms with Crippen LogP contribution in [0.1, 0.15) is 17.2 Å². The van der Waals surface area contributed by atoms with Gasteiger partial charge in [-0.3, -0.25) is 4.79 Å². The number of aliphatic hydroxyl groups excluding tert-OH is 1. The molecule has 2 rings (SSSR count). The Bertz CT molecular complexity index is 677. The van der Waals surface area contributed by atoms with Crippen LogP contribution in [0.15, 0.2) is 47.4 Å². The monoisotopic (exact) mass is 337 g/mol. The maximum absolute atomic E-state index is 13.1. The van der Waals surface area contributed by atoms with Crippen molar-refractivity contribution >= 4 is 17.7 Å². The minimum atomic E-state index is -1.08. The highest BCUT2D eigenvalue weighted by atomic mass is 32.2. The molecular weight excluding hydrogens is 320 g/mol. The average molecular weight is 337 g/mol. The van der Waals surface area contributed by atoms with Gasteiger partial charge in [0, 0.05) is 11.4 Å². The predicted molar refractivity (Wildman–Crippen MR) is 86.2 cm³/mol. The first kappa shape index (κ1) is 17.4. The van der Waals surface area contributed by atoms with Gasteiger partial charge in [-0.05, 0) is 36.8 Å². The summed E-state index contributed by atoms with van der Waals surface area (Å²) in [5.41, 5.74) is 1.36. The largest absolute Gasteiger partial charge is 0.387 e. The van der Waals surface area contributed by atoms with Crippen LogP contribution in [0.5, 0.6) is 0 Å². The minimum Gasteiger partial charge on any atom is -0.387 e. The number of thioether (sulfide) groups is 1. The molecule has 2 N–H and O–H groups in total. The number of carbonyl (C=O) groups is 1. The molecule has 0 aromatic heterocycles. The molecule has 0 saturated carbocycles. The molecule has 0 heterocycles. The zero-order valence-electron chi connectivity index (χ0n) is 12.6. The van der Waals surface area contributed by atoms with Crippen LogP contribution in [-0.2, 0) is 4.79 Å². The summed E-state index contributed by atoms with van der Waals surface area (Å²) in [6.45, 7) is 1.93. The third kappa shape index (κ3) is 5.33. The van der Waals surface area contributed by atoms with Gasteiger partial charge in [0.1, 0.15) is 0 Å². The van der Waals surface area contributed by atoms with Gasteiger partial charge in [-0.25, -0.2) is 8.78 Å². The fourth-order valence-corrected chi connectivity index (χ4v) is 2.61. The molecule has 0 saturated heterocycles. The first-order valence-corrected chi connectivity index (χ1v) is 8.03. The summed E-state index contributed by atoms with van der Waals surface area (Å²) in [6.07, 6.45) is -1.08. The molecule has 0 aliphatic rings. The van der Waals surface area contributed by atoms with Crippen LogP contribution in [0.25, 0.3) is 0 Å². The van der Waals surface area contributed by atoms with E-state index in [1.165, 1.54) is 17.8 Å². The van der Waals surface area contributed by atoms with E-state index in [0.29, 0.717) is 0 Å². The molecule has 3 nitrogen and oxygen atoms in total. The first-order valence-electron chi connectivity index (χ1n) is 7.05. The van der Waals surface area contributed by atoms with E-state index < -0.39 is 17.7 Å². The number of aliphatic hydroxyl groups is 1. The summed E-state index contributed by atoms with van der Waals surface area (Å²) in [4.78, 5) is 12.7. The smallest absolute Gasteiger partial charge is 0.230 e. The highest BCUT2D eigenvalue weighted by Crippen LogP contribution is 2.18. The van der Waals surface area contributed by atoms with Gasteiger partial charge in [-0.1, -0.05) is 23.8 Å². The molecule has 122 valence electrons. The third-order valence-electron chi connectivity index (χ3n) is 3.21. The number of amides is 1. The highest BCUT2D eigenvalue weighted by molar-refractivity contribution is 8.00. The number of rotatable bonds is 6. The standard InChI is InChI=1S/C17H17F2NO2S/c1-11-2-5-13(6-3-11)23-10-17(22)20-9-16(21)12-4-7-14(18)15(19)8-12/h2-8,16,21H,9-10H2,1H3,(H,20,22). The lowest BCUT2D eigenvalue weighted by molar-refractivity contribution is -0.119. The second kappa shape index (κ2) is 8.08. The quantitative estimate of drug-likeness (QED) is 0.796. The van der Waals surface area contributed by atoms with E-state index in [-0.39, 0.29) is 23.8 Å². The Morgan fingerprint density at radius 2 is 1.87 bits per heavy atom. The normalized spacial score (nSPS) is 12.0. The lowest BCUT2D eigenvalue weighted by Gasteiger charge is -2.12. The number of nitrogens with one attached hydrogen (secondary N) is 1. The van der Waals surface area contributed by atoms with Crippen molar-refractivity contribution in [3.8, 4) is 0 Å². The Kier molecular flexibility index (Phi) is 6.12. The van der Waals surface area contributed by atoms with Gasteiger partial charge in [0.15, 0.2) is 11.6 Å². The van der Waals surface area contributed by atoms with Gasteiger partial charge in [-0.15, -0.1) is 11.8 Å². The van der Waals surface area contributed by atoms with Gasteiger partial charge in [0.2, 0.25) is 5.91 Å². The van der Waals surface area contributed by atoms with Crippen molar-refractivity contribution in [2.45, 2.75) is 17.9 Å². The molecule has 2 aromatic carbocycles. The van der Waals surface area contributed by atoms with Crippen LogP contribution < -0.4 is 5.32 Å². The van der Waals surface area contributed by atoms with Crippen molar-refractivity contribution in [1.29, 1.82) is 0 Å². The second-order valence-electron chi connectivity index (χ2n) is 5.10. The Morgan fingerprint density at radius 1 is 1.17 bits per heavy atom. The lowest BCUT2D eigenvalue weighted by atomic mass is 10.1. The van der Waals surface area contributed by atoms with E-state index in [1.54, 1.807) is 0 Å². The zero-order valence-corrected chi connectivity index (χ0v) is 13.4. The van der Waals surface area contributed by atoms with E-state index in [9.17, 15) is 18.7 Å². The average Bonchev–Trinajstić information content (AvgIpc) is 2.54. The van der Waals surface area contributed by atoms with Crippen LogP contribution in [0.4, 0.5) is 8.78 Å². The van der Waals surface area contributed by atoms with Gasteiger partial charge < -0.3 is 10.4 Å². The van der Waals surface area contributed by atoms with Gasteiger partial charge in [-0.2, -0.15) is 0 Å². The van der Waals surface area contributed by atoms with Crippen LogP contribution in [-0.4, -0.2) is 23.3 Å². The molecule has 0 radical (unpaired) electrons. The van der Waals surface area contributed by atoms with Gasteiger partial charge in [0.05, 0.1) is 11.9 Å². The summed E-state index contributed by atoms with van der Waals surface area (Å²) in [6, 6.07) is 11.0. The topological polar surface area (TPSA) is 49.3 Å². The Hall–Kier alpha value is -1.92. The fourth-order valence-electron chi connectivity index (χ4n) is 1.88. The van der Waals surface area contributed by atoms with Crippen molar-refractivity contribution in [1.82, 2.24) is 5.32 Å². The molecular formula is C17H17F2NO2S. The predicted octanol–water partition coefficient (Wildman–Crippen LogP) is 3.22. The van der Waals surface area contributed by atoms with E-state index in [1.807, 2.05) is 31.2 Å². The molecule has 1 atom stereocenters. The van der Waals surface area contributed by atoms with Crippen molar-refractivity contribution in [3.63, 3.8) is 0 Å². The second-order valence-corrected chi connectivity index (χ2v) is 6.14. The van der Waals surface area contributed by atoms with Crippen molar-refractivity contribution in [2.75, 3.05) is 12.3 Å². The van der Waals surface area contributed by atoms with Gasteiger partial charge >= 0.3 is 0 Å². The van der Waals surface area contributed by atoms with E-state index in [4.69, 9.17) is 0 Å². The Morgan fingerprint density at radius 3 is 2.52 bits per heavy atom. The third-order valence-corrected chi connectivity index (χ3v) is 4.22. The van der Waals surface area contributed by atoms with Crippen LogP contribution in [0.2, 0.25) is 0 Å². The Balaban J connectivity index is 1.79. The summed E-state index contributed by atoms with van der Waals surface area (Å²) >= 11 is 1.39. The van der Waals surface area contributed by atoms with Crippen molar-refractivity contribution in [3.05, 3.63) is 65.2 Å². The molecule has 23 heavy (non-hydrogen) atoms. The molecule has 1 amide bonds. The number of hydrogen-bond acceptors (Lipinski definition) is 3. The lowest BCUT2D eigenvalue weighted by Crippen LogP contribution is -2.29. The number of hydrogen-bond donors (Lipinski definition) is 2. The molecule has 0 bridgehead atoms. The molecule has 0 aliphatic carbocycles. The molecule has 0 aliphatic heterocycles. The summed E-state index contributed by atoms with van der Waals surface area (Å²) < 4.78 is 25.9. The van der Waals surface area contributed by atoms with Crippen LogP contribution in [0, 0.1) is 18.6 Å². The summed E-state index contributed by atoms with van der Waals surface area (Å²) in [5, 5.41) is 12.5. The molecule has 0 fully saturated rings. The van der Waals surface area contributed by atoms with E-state index in [2.05, 4.69) is 5.32 Å². The van der Waals surface area contributed by atoms with Gasteiger partial charge in [0.25, 0.3) is 0 Å². The van der Waals surface area contributed by atoms with Crippen LogP contribution in [0.3, 0.4) is 0 Å². The van der Waals surface area contributed by atoms with Crippen molar-refractivity contribution < 1.29 is 18.7 Å². The number of benzene rings is 2. The minimum absolute atomic E-state index is 0.0572. The van der Waals surface area contributed by atoms with Crippen molar-refractivity contribution in [2.24, 2.45) is 0 Å². The Labute approximate surface area is 137 Å². The number of carbonyl (C=O) groups excluding carboxylic acids is 1. The molecule has 6 heteroatoms. The van der Waals surface area contributed by atoms with E-state index in [0.717, 1.165) is 22.6 Å². The van der Waals surface area contributed by atoms with E-state index >= 15 is 0 Å². The maximum atomic E-state index is 13.1. The first-order chi connectivity index (χ1) is 11.0. The summed E-state index contributed by atoms with van der Waals surface area (Å²) in [7, 11) is 0.